The molecule has 3 rings (SSSR count). The molecule has 0 radical (unpaired) electrons. The van der Waals surface area contributed by atoms with Crippen LogP contribution in [0.5, 0.6) is 0 Å². The Morgan fingerprint density at radius 2 is 1.50 bits per heavy atom. The summed E-state index contributed by atoms with van der Waals surface area (Å²) >= 11 is 12.1. The molecule has 0 unspecified atom stereocenters. The van der Waals surface area contributed by atoms with Gasteiger partial charge in [0, 0.05) is 19.6 Å². The minimum Gasteiger partial charge on any atom is -0.300 e. The maximum absolute atomic E-state index is 6.06. The molecule has 0 aromatic heterocycles. The average molecular weight is 236 g/mol. The van der Waals surface area contributed by atoms with Gasteiger partial charge in [-0.2, -0.15) is 0 Å². The van der Waals surface area contributed by atoms with Crippen molar-refractivity contribution in [2.45, 2.75) is 36.9 Å². The van der Waals surface area contributed by atoms with E-state index in [-0.39, 0.29) is 0 Å². The Hall–Kier alpha value is 0.540. The highest BCUT2D eigenvalue weighted by Crippen LogP contribution is 2.35. The molecule has 0 N–H and O–H groups in total. The largest absolute Gasteiger partial charge is 0.300 e. The third-order valence-electron chi connectivity index (χ3n) is 3.50. The Labute approximate surface area is 96.7 Å². The summed E-state index contributed by atoms with van der Waals surface area (Å²) in [7, 11) is 0. The molecule has 0 spiro atoms. The van der Waals surface area contributed by atoms with Crippen molar-refractivity contribution in [1.82, 2.24) is 4.90 Å². The molecule has 0 aromatic carbocycles. The summed E-state index contributed by atoms with van der Waals surface area (Å²) in [6.07, 6.45) is 5.68. The Balaban J connectivity index is 1.94. The molecular formula is C11H19Cl2N. The first-order valence-corrected chi connectivity index (χ1v) is 6.39. The highest BCUT2D eigenvalue weighted by atomic mass is 35.5. The SMILES string of the molecule is CC(Cl)(Cl)CN1CC2CCC(CC2)C1. The van der Waals surface area contributed by atoms with Crippen LogP contribution >= 0.6 is 23.2 Å². The fourth-order valence-electron chi connectivity index (χ4n) is 2.92. The topological polar surface area (TPSA) is 3.24 Å². The number of fused-ring (bicyclic) bond motifs is 4. The number of rotatable bonds is 2. The molecule has 1 nitrogen and oxygen atoms in total. The summed E-state index contributed by atoms with van der Waals surface area (Å²) < 4.78 is -0.580. The Morgan fingerprint density at radius 3 is 1.86 bits per heavy atom. The molecule has 3 heteroatoms. The van der Waals surface area contributed by atoms with E-state index in [1.807, 2.05) is 6.92 Å². The molecule has 3 aliphatic rings. The zero-order chi connectivity index (χ0) is 10.2. The first-order valence-electron chi connectivity index (χ1n) is 5.63. The molecule has 2 bridgehead atoms. The maximum atomic E-state index is 6.06. The standard InChI is InChI=1S/C11H19Cl2N/c1-11(12,13)8-14-6-9-2-3-10(7-14)5-4-9/h9-10H,2-8H2,1H3. The first-order chi connectivity index (χ1) is 6.53. The predicted octanol–water partition coefficient (Wildman–Crippen LogP) is 3.30. The fraction of sp³-hybridized carbons (Fsp3) is 1.00. The van der Waals surface area contributed by atoms with Crippen LogP contribution in [-0.4, -0.2) is 28.9 Å². The highest BCUT2D eigenvalue weighted by Gasteiger charge is 2.31. The number of nitrogens with zero attached hydrogens (tertiary/aromatic N) is 1. The van der Waals surface area contributed by atoms with Gasteiger partial charge in [-0.3, -0.25) is 4.90 Å². The van der Waals surface area contributed by atoms with Crippen molar-refractivity contribution in [2.24, 2.45) is 11.8 Å². The van der Waals surface area contributed by atoms with E-state index in [2.05, 4.69) is 4.90 Å². The van der Waals surface area contributed by atoms with Gasteiger partial charge in [0.15, 0.2) is 0 Å². The van der Waals surface area contributed by atoms with Gasteiger partial charge < -0.3 is 0 Å². The van der Waals surface area contributed by atoms with Crippen LogP contribution in [0.1, 0.15) is 32.6 Å². The van der Waals surface area contributed by atoms with Gasteiger partial charge in [0.2, 0.25) is 0 Å². The van der Waals surface area contributed by atoms with Gasteiger partial charge in [-0.25, -0.2) is 0 Å². The lowest BCUT2D eigenvalue weighted by molar-refractivity contribution is 0.248. The molecule has 1 saturated carbocycles. The zero-order valence-corrected chi connectivity index (χ0v) is 10.3. The highest BCUT2D eigenvalue weighted by molar-refractivity contribution is 6.48. The third-order valence-corrected chi connectivity index (χ3v) is 3.74. The van der Waals surface area contributed by atoms with E-state index in [0.717, 1.165) is 18.4 Å². The van der Waals surface area contributed by atoms with E-state index in [1.165, 1.54) is 38.8 Å². The fourth-order valence-corrected chi connectivity index (χ4v) is 3.26. The molecule has 0 aromatic rings. The van der Waals surface area contributed by atoms with E-state index in [0.29, 0.717) is 0 Å². The van der Waals surface area contributed by atoms with E-state index in [4.69, 9.17) is 23.2 Å². The van der Waals surface area contributed by atoms with Crippen LogP contribution in [0.2, 0.25) is 0 Å². The molecular weight excluding hydrogens is 217 g/mol. The van der Waals surface area contributed by atoms with Gasteiger partial charge in [-0.05, 0) is 44.4 Å². The van der Waals surface area contributed by atoms with Crippen molar-refractivity contribution < 1.29 is 0 Å². The van der Waals surface area contributed by atoms with Crippen molar-refractivity contribution >= 4 is 23.2 Å². The van der Waals surface area contributed by atoms with Gasteiger partial charge in [-0.15, -0.1) is 23.2 Å². The second kappa shape index (κ2) is 4.19. The summed E-state index contributed by atoms with van der Waals surface area (Å²) in [4.78, 5) is 2.47. The molecule has 2 saturated heterocycles. The monoisotopic (exact) mass is 235 g/mol. The summed E-state index contributed by atoms with van der Waals surface area (Å²) in [5.74, 6) is 1.81. The van der Waals surface area contributed by atoms with E-state index in [9.17, 15) is 0 Å². The lowest BCUT2D eigenvalue weighted by atomic mass is 9.84. The smallest absolute Gasteiger partial charge is 0.128 e. The maximum Gasteiger partial charge on any atom is 0.128 e. The van der Waals surface area contributed by atoms with Crippen molar-refractivity contribution in [3.63, 3.8) is 0 Å². The quantitative estimate of drug-likeness (QED) is 0.665. The number of hydrogen-bond donors (Lipinski definition) is 0. The lowest BCUT2D eigenvalue weighted by Crippen LogP contribution is -2.36. The lowest BCUT2D eigenvalue weighted by Gasteiger charge is -2.27. The van der Waals surface area contributed by atoms with Gasteiger partial charge in [0.1, 0.15) is 4.33 Å². The summed E-state index contributed by atoms with van der Waals surface area (Å²) in [5, 5.41) is 0. The molecule has 82 valence electrons. The van der Waals surface area contributed by atoms with Gasteiger partial charge in [0.25, 0.3) is 0 Å². The van der Waals surface area contributed by atoms with Gasteiger partial charge in [0.05, 0.1) is 0 Å². The molecule has 14 heavy (non-hydrogen) atoms. The van der Waals surface area contributed by atoms with Crippen LogP contribution in [0.15, 0.2) is 0 Å². The number of halogens is 2. The van der Waals surface area contributed by atoms with E-state index < -0.39 is 4.33 Å². The first kappa shape index (κ1) is 11.0. The Kier molecular flexibility index (Phi) is 3.30. The minimum absolute atomic E-state index is 0.580. The molecule has 0 atom stereocenters. The van der Waals surface area contributed by atoms with Crippen molar-refractivity contribution in [3.8, 4) is 0 Å². The van der Waals surface area contributed by atoms with Gasteiger partial charge in [-0.1, -0.05) is 0 Å². The van der Waals surface area contributed by atoms with Crippen LogP contribution in [0.4, 0.5) is 0 Å². The van der Waals surface area contributed by atoms with Crippen LogP contribution < -0.4 is 0 Å². The van der Waals surface area contributed by atoms with Gasteiger partial charge >= 0.3 is 0 Å². The van der Waals surface area contributed by atoms with E-state index >= 15 is 0 Å². The van der Waals surface area contributed by atoms with Crippen molar-refractivity contribution in [1.29, 1.82) is 0 Å². The summed E-state index contributed by atoms with van der Waals surface area (Å²) in [6.45, 7) is 5.14. The molecule has 2 heterocycles. The summed E-state index contributed by atoms with van der Waals surface area (Å²) in [5.41, 5.74) is 0. The molecule has 2 aliphatic heterocycles. The normalized spacial score (nSPS) is 34.5. The van der Waals surface area contributed by atoms with E-state index in [1.54, 1.807) is 0 Å². The number of alkyl halides is 2. The Bertz CT molecular complexity index is 178. The Morgan fingerprint density at radius 1 is 1.07 bits per heavy atom. The second-order valence-corrected chi connectivity index (χ2v) is 7.01. The van der Waals surface area contributed by atoms with Crippen molar-refractivity contribution in [2.75, 3.05) is 19.6 Å². The second-order valence-electron chi connectivity index (χ2n) is 5.15. The molecule has 0 amide bonds. The van der Waals surface area contributed by atoms with Crippen LogP contribution in [0.3, 0.4) is 0 Å². The zero-order valence-electron chi connectivity index (χ0n) is 8.81. The molecule has 1 aliphatic carbocycles. The average Bonchev–Trinajstić information content (AvgIpc) is 2.31. The third kappa shape index (κ3) is 3.01. The van der Waals surface area contributed by atoms with Crippen LogP contribution in [0.25, 0.3) is 0 Å². The van der Waals surface area contributed by atoms with Crippen LogP contribution in [-0.2, 0) is 0 Å². The summed E-state index contributed by atoms with van der Waals surface area (Å²) in [6, 6.07) is 0. The van der Waals surface area contributed by atoms with Crippen LogP contribution in [0, 0.1) is 11.8 Å². The minimum atomic E-state index is -0.580. The number of hydrogen-bond acceptors (Lipinski definition) is 1. The molecule has 3 fully saturated rings. The van der Waals surface area contributed by atoms with Crippen molar-refractivity contribution in [3.05, 3.63) is 0 Å². The predicted molar refractivity (Wildman–Crippen MR) is 62.0 cm³/mol.